The number of amides is 1. The van der Waals surface area contributed by atoms with Crippen LogP contribution >= 0.6 is 12.2 Å². The van der Waals surface area contributed by atoms with E-state index >= 15 is 0 Å². The molecule has 1 fully saturated rings. The Kier molecular flexibility index (Phi) is 4.14. The topological polar surface area (TPSA) is 85.8 Å². The fourth-order valence-electron chi connectivity index (χ4n) is 2.55. The molecule has 1 aliphatic carbocycles. The summed E-state index contributed by atoms with van der Waals surface area (Å²) in [4.78, 5) is 16.9. The zero-order valence-corrected chi connectivity index (χ0v) is 11.9. The second-order valence-corrected chi connectivity index (χ2v) is 5.46. The van der Waals surface area contributed by atoms with Gasteiger partial charge in [-0.2, -0.15) is 10.1 Å². The van der Waals surface area contributed by atoms with Gasteiger partial charge in [0.25, 0.3) is 0 Å². The Morgan fingerprint density at radius 3 is 2.53 bits per heavy atom. The third-order valence-corrected chi connectivity index (χ3v) is 4.19. The van der Waals surface area contributed by atoms with Crippen LogP contribution in [0.5, 0.6) is 0 Å². The van der Waals surface area contributed by atoms with Crippen LogP contribution in [0, 0.1) is 5.41 Å². The zero-order valence-electron chi connectivity index (χ0n) is 11.1. The number of hydrogen-bond donors (Lipinski definition) is 2. The van der Waals surface area contributed by atoms with Gasteiger partial charge in [0.2, 0.25) is 11.9 Å². The monoisotopic (exact) mass is 281 g/mol. The Morgan fingerprint density at radius 2 is 2.05 bits per heavy atom. The molecule has 1 aromatic rings. The van der Waals surface area contributed by atoms with Crippen LogP contribution in [-0.4, -0.2) is 25.7 Å². The van der Waals surface area contributed by atoms with E-state index in [1.54, 1.807) is 7.05 Å². The molecule has 1 aliphatic rings. The summed E-state index contributed by atoms with van der Waals surface area (Å²) in [6.07, 6.45) is 7.03. The molecule has 1 aromatic heterocycles. The lowest BCUT2D eigenvalue weighted by Gasteiger charge is -2.29. The van der Waals surface area contributed by atoms with Gasteiger partial charge in [-0.25, -0.2) is 4.68 Å². The normalized spacial score (nSPS) is 18.6. The molecule has 0 aliphatic heterocycles. The fourth-order valence-corrected chi connectivity index (χ4v) is 2.84. The van der Waals surface area contributed by atoms with E-state index in [1.807, 2.05) is 0 Å². The second kappa shape index (κ2) is 5.64. The second-order valence-electron chi connectivity index (χ2n) is 5.02. The van der Waals surface area contributed by atoms with Crippen molar-refractivity contribution in [3.05, 3.63) is 6.33 Å². The first-order valence-corrected chi connectivity index (χ1v) is 6.92. The quantitative estimate of drug-likeness (QED) is 0.646. The van der Waals surface area contributed by atoms with Crippen LogP contribution in [0.1, 0.15) is 38.5 Å². The molecule has 2 rings (SSSR count). The maximum Gasteiger partial charge on any atom is 0.239 e. The number of nitrogens with one attached hydrogen (secondary N) is 1. The van der Waals surface area contributed by atoms with Crippen LogP contribution in [-0.2, 0) is 11.8 Å². The summed E-state index contributed by atoms with van der Waals surface area (Å²) in [6, 6.07) is 0. The van der Waals surface area contributed by atoms with E-state index in [-0.39, 0.29) is 10.9 Å². The largest absolute Gasteiger partial charge is 0.392 e. The third-order valence-electron chi connectivity index (χ3n) is 3.80. The zero-order chi connectivity index (χ0) is 13.9. The molecule has 1 heterocycles. The fraction of sp³-hybridized carbons (Fsp3) is 0.667. The van der Waals surface area contributed by atoms with E-state index in [4.69, 9.17) is 18.0 Å². The molecule has 0 aromatic carbocycles. The molecule has 6 nitrogen and oxygen atoms in total. The molecular weight excluding hydrogens is 262 g/mol. The van der Waals surface area contributed by atoms with E-state index in [1.165, 1.54) is 11.0 Å². The highest BCUT2D eigenvalue weighted by Crippen LogP contribution is 2.36. The highest BCUT2D eigenvalue weighted by Gasteiger charge is 2.41. The number of rotatable bonds is 3. The van der Waals surface area contributed by atoms with Gasteiger partial charge in [-0.3, -0.25) is 10.1 Å². The van der Waals surface area contributed by atoms with Gasteiger partial charge in [-0.1, -0.05) is 37.9 Å². The Hall–Kier alpha value is -1.50. The summed E-state index contributed by atoms with van der Waals surface area (Å²) in [6.45, 7) is 0. The number of aromatic nitrogens is 3. The lowest BCUT2D eigenvalue weighted by atomic mass is 9.79. The molecule has 3 N–H and O–H groups in total. The maximum absolute atomic E-state index is 12.6. The molecule has 0 unspecified atom stereocenters. The van der Waals surface area contributed by atoms with Crippen molar-refractivity contribution in [2.24, 2.45) is 18.2 Å². The van der Waals surface area contributed by atoms with Gasteiger partial charge >= 0.3 is 0 Å². The van der Waals surface area contributed by atoms with Gasteiger partial charge in [0.05, 0.1) is 10.4 Å². The van der Waals surface area contributed by atoms with Crippen molar-refractivity contribution in [2.75, 3.05) is 5.32 Å². The van der Waals surface area contributed by atoms with Crippen molar-refractivity contribution < 1.29 is 4.79 Å². The van der Waals surface area contributed by atoms with E-state index in [0.29, 0.717) is 18.8 Å². The van der Waals surface area contributed by atoms with Gasteiger partial charge in [0.1, 0.15) is 6.33 Å². The van der Waals surface area contributed by atoms with E-state index in [9.17, 15) is 4.79 Å². The molecule has 104 valence electrons. The van der Waals surface area contributed by atoms with Crippen LogP contribution in [0.3, 0.4) is 0 Å². The number of nitrogens with zero attached hydrogens (tertiary/aromatic N) is 3. The molecular formula is C12H19N5OS. The molecule has 0 spiro atoms. The summed E-state index contributed by atoms with van der Waals surface area (Å²) in [5.74, 6) is 0.267. The molecule has 0 saturated heterocycles. The lowest BCUT2D eigenvalue weighted by Crippen LogP contribution is -2.46. The van der Waals surface area contributed by atoms with E-state index in [2.05, 4.69) is 15.4 Å². The van der Waals surface area contributed by atoms with Crippen LogP contribution in [0.15, 0.2) is 6.33 Å². The van der Waals surface area contributed by atoms with Crippen molar-refractivity contribution in [1.82, 2.24) is 14.8 Å². The summed E-state index contributed by atoms with van der Waals surface area (Å²) >= 11 is 5.17. The van der Waals surface area contributed by atoms with Gasteiger partial charge in [-0.05, 0) is 12.8 Å². The first kappa shape index (κ1) is 13.9. The van der Waals surface area contributed by atoms with E-state index < -0.39 is 5.41 Å². The number of carbonyl (C=O) groups is 1. The van der Waals surface area contributed by atoms with Crippen molar-refractivity contribution in [1.29, 1.82) is 0 Å². The van der Waals surface area contributed by atoms with Gasteiger partial charge < -0.3 is 5.73 Å². The number of thiocarbonyl (C=S) groups is 1. The van der Waals surface area contributed by atoms with Crippen molar-refractivity contribution in [3.8, 4) is 0 Å². The molecule has 0 bridgehead atoms. The molecule has 19 heavy (non-hydrogen) atoms. The average molecular weight is 281 g/mol. The average Bonchev–Trinajstić information content (AvgIpc) is 2.66. The van der Waals surface area contributed by atoms with Gasteiger partial charge in [0.15, 0.2) is 0 Å². The molecule has 0 radical (unpaired) electrons. The Balaban J connectivity index is 2.21. The molecule has 7 heteroatoms. The predicted molar refractivity (Wildman–Crippen MR) is 76.6 cm³/mol. The Labute approximate surface area is 117 Å². The number of anilines is 1. The molecule has 0 atom stereocenters. The number of hydrogen-bond acceptors (Lipinski definition) is 4. The van der Waals surface area contributed by atoms with Crippen LogP contribution in [0.4, 0.5) is 5.95 Å². The SMILES string of the molecule is Cn1ncnc1NC(=O)C1(C(N)=S)CCCCCC1. The van der Waals surface area contributed by atoms with Crippen LogP contribution in [0.25, 0.3) is 0 Å². The van der Waals surface area contributed by atoms with E-state index in [0.717, 1.165) is 25.7 Å². The number of nitrogens with two attached hydrogens (primary N) is 1. The minimum absolute atomic E-state index is 0.155. The molecule has 1 amide bonds. The lowest BCUT2D eigenvalue weighted by molar-refractivity contribution is -0.122. The first-order valence-electron chi connectivity index (χ1n) is 6.51. The highest BCUT2D eigenvalue weighted by molar-refractivity contribution is 7.80. The minimum Gasteiger partial charge on any atom is -0.392 e. The predicted octanol–water partition coefficient (Wildman–Crippen LogP) is 1.38. The Bertz CT molecular complexity index is 476. The third kappa shape index (κ3) is 2.75. The van der Waals surface area contributed by atoms with Gasteiger partial charge in [0, 0.05) is 7.05 Å². The Morgan fingerprint density at radius 1 is 1.42 bits per heavy atom. The maximum atomic E-state index is 12.6. The van der Waals surface area contributed by atoms with Crippen molar-refractivity contribution >= 4 is 29.1 Å². The smallest absolute Gasteiger partial charge is 0.239 e. The first-order chi connectivity index (χ1) is 9.06. The molecule has 1 saturated carbocycles. The van der Waals surface area contributed by atoms with Crippen LogP contribution in [0.2, 0.25) is 0 Å². The summed E-state index contributed by atoms with van der Waals surface area (Å²) in [7, 11) is 1.73. The number of aryl methyl sites for hydroxylation is 1. The minimum atomic E-state index is -0.738. The summed E-state index contributed by atoms with van der Waals surface area (Å²) in [5, 5.41) is 6.72. The van der Waals surface area contributed by atoms with Crippen molar-refractivity contribution in [2.45, 2.75) is 38.5 Å². The summed E-state index contributed by atoms with van der Waals surface area (Å²) in [5.41, 5.74) is 5.13. The van der Waals surface area contributed by atoms with Crippen LogP contribution < -0.4 is 11.1 Å². The van der Waals surface area contributed by atoms with Gasteiger partial charge in [-0.15, -0.1) is 0 Å². The standard InChI is InChI=1S/C12H19N5OS/c1-17-11(14-8-15-17)16-10(18)12(9(13)19)6-4-2-3-5-7-12/h8H,2-7H2,1H3,(H2,13,19)(H,14,15,16,18). The number of carbonyl (C=O) groups excluding carboxylic acids is 1. The van der Waals surface area contributed by atoms with Crippen molar-refractivity contribution in [3.63, 3.8) is 0 Å². The summed E-state index contributed by atoms with van der Waals surface area (Å²) < 4.78 is 1.52. The highest BCUT2D eigenvalue weighted by atomic mass is 32.1.